The molecule has 0 spiro atoms. The molecule has 0 atom stereocenters. The van der Waals surface area contributed by atoms with E-state index in [0.717, 1.165) is 6.42 Å². The molecule has 1 aromatic heterocycles. The highest BCUT2D eigenvalue weighted by Gasteiger charge is 2.22. The Hall–Kier alpha value is -1.43. The Morgan fingerprint density at radius 1 is 1.44 bits per heavy atom. The van der Waals surface area contributed by atoms with Gasteiger partial charge >= 0.3 is 5.69 Å². The number of hydrogen-bond acceptors (Lipinski definition) is 5. The Morgan fingerprint density at radius 3 is 2.61 bits per heavy atom. The maximum absolute atomic E-state index is 10.9. The molecule has 0 radical (unpaired) electrons. The number of aromatic nitrogens is 2. The second-order valence-corrected chi connectivity index (χ2v) is 4.71. The van der Waals surface area contributed by atoms with Gasteiger partial charge in [-0.25, -0.2) is 9.97 Å². The highest BCUT2D eigenvalue weighted by Crippen LogP contribution is 2.29. The van der Waals surface area contributed by atoms with Gasteiger partial charge in [0.05, 0.1) is 4.92 Å². The predicted octanol–water partition coefficient (Wildman–Crippen LogP) is 3.06. The van der Waals surface area contributed by atoms with Crippen molar-refractivity contribution < 1.29 is 4.92 Å². The maximum atomic E-state index is 10.9. The molecule has 0 aliphatic heterocycles. The van der Waals surface area contributed by atoms with Crippen LogP contribution in [0.25, 0.3) is 0 Å². The predicted molar refractivity (Wildman–Crippen MR) is 71.0 cm³/mol. The van der Waals surface area contributed by atoms with Crippen molar-refractivity contribution in [3.8, 4) is 0 Å². The Balaban J connectivity index is 2.98. The molecule has 1 rings (SSSR count). The summed E-state index contributed by atoms with van der Waals surface area (Å²) in [6, 6.07) is 0. The van der Waals surface area contributed by atoms with E-state index in [1.807, 2.05) is 6.92 Å². The molecular formula is C11H17ClN4O2. The lowest BCUT2D eigenvalue weighted by molar-refractivity contribution is -0.384. The van der Waals surface area contributed by atoms with Crippen LogP contribution in [0.3, 0.4) is 0 Å². The average Bonchev–Trinajstić information content (AvgIpc) is 2.27. The topological polar surface area (TPSA) is 81.0 Å². The number of nitrogens with zero attached hydrogens (tertiary/aromatic N) is 3. The summed E-state index contributed by atoms with van der Waals surface area (Å²) in [5.41, 5.74) is -0.252. The van der Waals surface area contributed by atoms with Crippen LogP contribution >= 0.6 is 11.6 Å². The van der Waals surface area contributed by atoms with Crippen molar-refractivity contribution in [1.29, 1.82) is 0 Å². The lowest BCUT2D eigenvalue weighted by Crippen LogP contribution is -2.11. The molecule has 1 aromatic rings. The molecule has 0 fully saturated rings. The fourth-order valence-corrected chi connectivity index (χ4v) is 1.65. The van der Waals surface area contributed by atoms with E-state index < -0.39 is 4.92 Å². The van der Waals surface area contributed by atoms with Crippen molar-refractivity contribution in [2.45, 2.75) is 33.6 Å². The Labute approximate surface area is 111 Å². The van der Waals surface area contributed by atoms with E-state index in [9.17, 15) is 10.1 Å². The molecule has 0 aliphatic rings. The van der Waals surface area contributed by atoms with Gasteiger partial charge in [0, 0.05) is 13.0 Å². The van der Waals surface area contributed by atoms with Gasteiger partial charge in [-0.2, -0.15) is 0 Å². The molecule has 0 aromatic carbocycles. The van der Waals surface area contributed by atoms with Crippen LogP contribution in [0.5, 0.6) is 0 Å². The molecule has 0 aliphatic carbocycles. The van der Waals surface area contributed by atoms with Crippen LogP contribution in [0.1, 0.15) is 33.0 Å². The molecule has 0 amide bonds. The van der Waals surface area contributed by atoms with Crippen LogP contribution in [0, 0.1) is 16.0 Å². The molecule has 18 heavy (non-hydrogen) atoms. The van der Waals surface area contributed by atoms with Gasteiger partial charge in [0.25, 0.3) is 0 Å². The van der Waals surface area contributed by atoms with E-state index in [0.29, 0.717) is 24.7 Å². The Kier molecular flexibility index (Phi) is 5.27. The van der Waals surface area contributed by atoms with E-state index in [1.165, 1.54) is 0 Å². The summed E-state index contributed by atoms with van der Waals surface area (Å²) < 4.78 is 0. The third kappa shape index (κ3) is 3.80. The van der Waals surface area contributed by atoms with E-state index in [4.69, 9.17) is 11.6 Å². The van der Waals surface area contributed by atoms with Crippen molar-refractivity contribution in [2.75, 3.05) is 11.9 Å². The van der Waals surface area contributed by atoms with Crippen LogP contribution in [0.4, 0.5) is 11.5 Å². The smallest absolute Gasteiger partial charge is 0.348 e. The van der Waals surface area contributed by atoms with E-state index in [-0.39, 0.29) is 16.7 Å². The molecule has 0 unspecified atom stereocenters. The number of nitrogens with one attached hydrogen (secondary N) is 1. The monoisotopic (exact) mass is 272 g/mol. The first-order valence-corrected chi connectivity index (χ1v) is 6.28. The van der Waals surface area contributed by atoms with Gasteiger partial charge < -0.3 is 5.32 Å². The van der Waals surface area contributed by atoms with Crippen LogP contribution in [0.2, 0.25) is 5.15 Å². The molecule has 1 N–H and O–H groups in total. The highest BCUT2D eigenvalue weighted by molar-refractivity contribution is 6.31. The van der Waals surface area contributed by atoms with Crippen LogP contribution < -0.4 is 5.32 Å². The van der Waals surface area contributed by atoms with Crippen LogP contribution in [-0.4, -0.2) is 21.4 Å². The summed E-state index contributed by atoms with van der Waals surface area (Å²) in [6.45, 7) is 6.66. The molecule has 6 nitrogen and oxygen atoms in total. The first-order valence-electron chi connectivity index (χ1n) is 5.90. The van der Waals surface area contributed by atoms with Gasteiger partial charge in [0.2, 0.25) is 11.0 Å². The summed E-state index contributed by atoms with van der Waals surface area (Å²) in [5.74, 6) is 1.22. The van der Waals surface area contributed by atoms with Crippen molar-refractivity contribution >= 4 is 23.1 Å². The fourth-order valence-electron chi connectivity index (χ4n) is 1.39. The van der Waals surface area contributed by atoms with E-state index >= 15 is 0 Å². The lowest BCUT2D eigenvalue weighted by Gasteiger charge is -2.09. The van der Waals surface area contributed by atoms with Gasteiger partial charge in [0.1, 0.15) is 5.82 Å². The second-order valence-electron chi connectivity index (χ2n) is 4.35. The summed E-state index contributed by atoms with van der Waals surface area (Å²) in [4.78, 5) is 18.4. The minimum absolute atomic E-state index is 0.112. The molecular weight excluding hydrogens is 256 g/mol. The first kappa shape index (κ1) is 14.6. The van der Waals surface area contributed by atoms with Gasteiger partial charge in [-0.3, -0.25) is 10.1 Å². The third-order valence-electron chi connectivity index (χ3n) is 2.40. The molecule has 1 heterocycles. The van der Waals surface area contributed by atoms with E-state index in [2.05, 4.69) is 29.1 Å². The number of nitro groups is 1. The van der Waals surface area contributed by atoms with Crippen LogP contribution in [0.15, 0.2) is 0 Å². The quantitative estimate of drug-likeness (QED) is 0.489. The maximum Gasteiger partial charge on any atom is 0.348 e. The molecule has 0 bridgehead atoms. The minimum atomic E-state index is -0.556. The van der Waals surface area contributed by atoms with Gasteiger partial charge in [-0.15, -0.1) is 0 Å². The summed E-state index contributed by atoms with van der Waals surface area (Å²) in [7, 11) is 0. The normalized spacial score (nSPS) is 10.7. The van der Waals surface area contributed by atoms with Gasteiger partial charge in [0.15, 0.2) is 0 Å². The van der Waals surface area contributed by atoms with Crippen molar-refractivity contribution in [2.24, 2.45) is 5.92 Å². The number of aryl methyl sites for hydroxylation is 1. The SMILES string of the molecule is CCc1nc(Cl)c([N+](=O)[O-])c(NCCC(C)C)n1. The second kappa shape index (κ2) is 6.49. The van der Waals surface area contributed by atoms with Gasteiger partial charge in [-0.05, 0) is 12.3 Å². The number of anilines is 1. The highest BCUT2D eigenvalue weighted by atomic mass is 35.5. The third-order valence-corrected chi connectivity index (χ3v) is 2.66. The minimum Gasteiger partial charge on any atom is -0.364 e. The molecule has 7 heteroatoms. The zero-order chi connectivity index (χ0) is 13.7. The van der Waals surface area contributed by atoms with E-state index in [1.54, 1.807) is 0 Å². The Bertz CT molecular complexity index is 437. The molecule has 100 valence electrons. The lowest BCUT2D eigenvalue weighted by atomic mass is 10.1. The number of halogens is 1. The summed E-state index contributed by atoms with van der Waals surface area (Å²) in [6.07, 6.45) is 1.48. The van der Waals surface area contributed by atoms with Crippen LogP contribution in [-0.2, 0) is 6.42 Å². The largest absolute Gasteiger partial charge is 0.364 e. The van der Waals surface area contributed by atoms with Crippen molar-refractivity contribution in [3.05, 3.63) is 21.1 Å². The molecule has 0 saturated heterocycles. The standard InChI is InChI=1S/C11H17ClN4O2/c1-4-8-14-10(12)9(16(17)18)11(15-8)13-6-5-7(2)3/h7H,4-6H2,1-3H3,(H,13,14,15). The average molecular weight is 273 g/mol. The number of hydrogen-bond donors (Lipinski definition) is 1. The fraction of sp³-hybridized carbons (Fsp3) is 0.636. The van der Waals surface area contributed by atoms with Crippen molar-refractivity contribution in [3.63, 3.8) is 0 Å². The Morgan fingerprint density at radius 2 is 2.11 bits per heavy atom. The first-order chi connectivity index (χ1) is 8.45. The number of rotatable bonds is 6. The zero-order valence-corrected chi connectivity index (χ0v) is 11.5. The molecule has 0 saturated carbocycles. The summed E-state index contributed by atoms with van der Waals surface area (Å²) >= 11 is 5.82. The van der Waals surface area contributed by atoms with Crippen molar-refractivity contribution in [1.82, 2.24) is 9.97 Å². The van der Waals surface area contributed by atoms with Gasteiger partial charge in [-0.1, -0.05) is 32.4 Å². The summed E-state index contributed by atoms with van der Waals surface area (Å²) in [5, 5.41) is 13.8. The zero-order valence-electron chi connectivity index (χ0n) is 10.7.